The zero-order valence-electron chi connectivity index (χ0n) is 25.1. The second kappa shape index (κ2) is 13.5. The van der Waals surface area contributed by atoms with Gasteiger partial charge in [0.25, 0.3) is 0 Å². The molecule has 0 bridgehead atoms. The summed E-state index contributed by atoms with van der Waals surface area (Å²) in [5.41, 5.74) is 8.81. The lowest BCUT2D eigenvalue weighted by Gasteiger charge is -2.22. The van der Waals surface area contributed by atoms with E-state index in [1.54, 1.807) is 12.1 Å². The first-order valence-corrected chi connectivity index (χ1v) is 17.3. The van der Waals surface area contributed by atoms with E-state index in [9.17, 15) is 22.7 Å². The Morgan fingerprint density at radius 1 is 0.800 bits per heavy atom. The van der Waals surface area contributed by atoms with Crippen LogP contribution in [0.3, 0.4) is 0 Å². The van der Waals surface area contributed by atoms with Crippen molar-refractivity contribution in [1.82, 2.24) is 0 Å². The molecule has 6 nitrogen and oxygen atoms in total. The maximum atomic E-state index is 13.4. The van der Waals surface area contributed by atoms with Gasteiger partial charge in [-0.15, -0.1) is 0 Å². The number of hydrogen-bond acceptors (Lipinski definition) is 5. The van der Waals surface area contributed by atoms with Crippen molar-refractivity contribution >= 4 is 15.8 Å². The highest BCUT2D eigenvalue weighted by atomic mass is 32.2. The van der Waals surface area contributed by atoms with Gasteiger partial charge in [0.2, 0.25) is 0 Å². The van der Waals surface area contributed by atoms with Crippen molar-refractivity contribution in [3.8, 4) is 16.9 Å². The zero-order chi connectivity index (χ0) is 31.4. The second-order valence-electron chi connectivity index (χ2n) is 12.1. The van der Waals surface area contributed by atoms with E-state index in [-0.39, 0.29) is 35.8 Å². The molecular formula is C37H37FO6S. The van der Waals surface area contributed by atoms with E-state index in [0.717, 1.165) is 41.5 Å². The van der Waals surface area contributed by atoms with Crippen LogP contribution in [0.5, 0.6) is 5.75 Å². The molecule has 234 valence electrons. The van der Waals surface area contributed by atoms with Crippen molar-refractivity contribution in [2.75, 3.05) is 11.5 Å². The van der Waals surface area contributed by atoms with Gasteiger partial charge in [-0.1, -0.05) is 54.6 Å². The molecule has 1 aliphatic heterocycles. The molecule has 0 amide bonds. The molecule has 1 aliphatic carbocycles. The van der Waals surface area contributed by atoms with Gasteiger partial charge in [-0.25, -0.2) is 12.8 Å². The summed E-state index contributed by atoms with van der Waals surface area (Å²) < 4.78 is 49.1. The van der Waals surface area contributed by atoms with Crippen LogP contribution in [0.2, 0.25) is 0 Å². The number of ether oxygens (including phenoxy) is 2. The number of carbonyl (C=O) groups is 1. The number of carboxylic acid groups (broad SMARTS) is 1. The Kier molecular flexibility index (Phi) is 9.33. The number of rotatable bonds is 10. The summed E-state index contributed by atoms with van der Waals surface area (Å²) in [6.07, 6.45) is 4.08. The third-order valence-electron chi connectivity index (χ3n) is 8.85. The topological polar surface area (TPSA) is 89.9 Å². The third-order valence-corrected chi connectivity index (χ3v) is 10.6. The van der Waals surface area contributed by atoms with Crippen LogP contribution in [0.15, 0.2) is 84.9 Å². The molecule has 6 rings (SSSR count). The van der Waals surface area contributed by atoms with E-state index < -0.39 is 15.8 Å². The van der Waals surface area contributed by atoms with E-state index in [0.29, 0.717) is 31.8 Å². The van der Waals surface area contributed by atoms with Gasteiger partial charge < -0.3 is 14.6 Å². The molecule has 45 heavy (non-hydrogen) atoms. The van der Waals surface area contributed by atoms with Gasteiger partial charge in [0.15, 0.2) is 9.84 Å². The van der Waals surface area contributed by atoms with Crippen LogP contribution in [-0.4, -0.2) is 37.1 Å². The van der Waals surface area contributed by atoms with Gasteiger partial charge in [-0.2, -0.15) is 0 Å². The lowest BCUT2D eigenvalue weighted by Crippen LogP contribution is -2.28. The fourth-order valence-corrected chi connectivity index (χ4v) is 7.82. The largest absolute Gasteiger partial charge is 0.489 e. The van der Waals surface area contributed by atoms with Crippen molar-refractivity contribution in [2.45, 2.75) is 63.8 Å². The number of halogens is 1. The first kappa shape index (κ1) is 31.0. The molecule has 4 aromatic carbocycles. The Balaban J connectivity index is 1.12. The highest BCUT2D eigenvalue weighted by Gasteiger charge is 2.24. The molecule has 1 unspecified atom stereocenters. The molecule has 1 fully saturated rings. The van der Waals surface area contributed by atoms with Crippen LogP contribution in [0.25, 0.3) is 11.1 Å². The number of benzene rings is 4. The van der Waals surface area contributed by atoms with Crippen LogP contribution < -0.4 is 4.74 Å². The molecule has 8 heteroatoms. The summed E-state index contributed by atoms with van der Waals surface area (Å²) in [5, 5.41) is 9.47. The van der Waals surface area contributed by atoms with Crippen LogP contribution in [0.4, 0.5) is 4.39 Å². The smallest absolute Gasteiger partial charge is 0.304 e. The fourth-order valence-electron chi connectivity index (χ4n) is 6.37. The molecule has 0 aromatic heterocycles. The molecule has 0 radical (unpaired) electrons. The van der Waals surface area contributed by atoms with Gasteiger partial charge in [0, 0.05) is 5.92 Å². The highest BCUT2D eigenvalue weighted by Crippen LogP contribution is 2.35. The number of aryl methyl sites for hydroxylation is 2. The van der Waals surface area contributed by atoms with Crippen LogP contribution in [-0.2, 0) is 45.4 Å². The molecular weight excluding hydrogens is 591 g/mol. The van der Waals surface area contributed by atoms with Crippen LogP contribution in [0, 0.1) is 5.82 Å². The number of carboxylic acids is 1. The molecule has 4 aromatic rings. The third kappa shape index (κ3) is 7.81. The van der Waals surface area contributed by atoms with E-state index in [1.807, 2.05) is 24.3 Å². The summed E-state index contributed by atoms with van der Waals surface area (Å²) in [6, 6.07) is 26.5. The highest BCUT2D eigenvalue weighted by molar-refractivity contribution is 7.91. The Labute approximate surface area is 263 Å². The van der Waals surface area contributed by atoms with Crippen molar-refractivity contribution in [3.05, 3.63) is 124 Å². The number of hydrogen-bond donors (Lipinski definition) is 1. The number of sulfone groups is 1. The SMILES string of the molecule is O=C(O)CC(c1ccc(F)cc1)c1ccc(OCc2ccc3c(c2)-c2ccc(COC4CCS(=O)(=O)CC4)cc2CCC3)cc1. The van der Waals surface area contributed by atoms with Crippen LogP contribution in [0.1, 0.15) is 65.0 Å². The minimum absolute atomic E-state index is 0.00667. The van der Waals surface area contributed by atoms with Gasteiger partial charge in [0.05, 0.1) is 30.6 Å². The van der Waals surface area contributed by atoms with E-state index in [2.05, 4.69) is 36.4 Å². The van der Waals surface area contributed by atoms with Gasteiger partial charge in [-0.05, 0) is 107 Å². The van der Waals surface area contributed by atoms with Crippen molar-refractivity contribution in [3.63, 3.8) is 0 Å². The summed E-state index contributed by atoms with van der Waals surface area (Å²) in [6.45, 7) is 0.875. The second-order valence-corrected chi connectivity index (χ2v) is 14.4. The first-order valence-electron chi connectivity index (χ1n) is 15.5. The Hall–Kier alpha value is -4.01. The Morgan fingerprint density at radius 2 is 1.44 bits per heavy atom. The zero-order valence-corrected chi connectivity index (χ0v) is 25.9. The molecule has 1 atom stereocenters. The number of fused-ring (bicyclic) bond motifs is 3. The molecule has 1 N–H and O–H groups in total. The minimum Gasteiger partial charge on any atom is -0.489 e. The lowest BCUT2D eigenvalue weighted by atomic mass is 9.88. The maximum Gasteiger partial charge on any atom is 0.304 e. The Morgan fingerprint density at radius 3 is 2.16 bits per heavy atom. The Bertz CT molecular complexity index is 1750. The molecule has 0 saturated carbocycles. The van der Waals surface area contributed by atoms with E-state index >= 15 is 0 Å². The normalized spacial score (nSPS) is 16.6. The van der Waals surface area contributed by atoms with Crippen molar-refractivity contribution in [2.24, 2.45) is 0 Å². The van der Waals surface area contributed by atoms with Crippen molar-refractivity contribution < 1.29 is 32.2 Å². The summed E-state index contributed by atoms with van der Waals surface area (Å²) >= 11 is 0. The average molecular weight is 629 g/mol. The van der Waals surface area contributed by atoms with E-state index in [1.165, 1.54) is 34.4 Å². The van der Waals surface area contributed by atoms with Gasteiger partial charge >= 0.3 is 5.97 Å². The van der Waals surface area contributed by atoms with Crippen LogP contribution >= 0.6 is 0 Å². The molecule has 2 aliphatic rings. The summed E-state index contributed by atoms with van der Waals surface area (Å²) in [4.78, 5) is 11.6. The molecule has 0 spiro atoms. The lowest BCUT2D eigenvalue weighted by molar-refractivity contribution is -0.137. The predicted octanol–water partition coefficient (Wildman–Crippen LogP) is 7.26. The van der Waals surface area contributed by atoms with Gasteiger partial charge in [0.1, 0.15) is 18.2 Å². The summed E-state index contributed by atoms with van der Waals surface area (Å²) in [5.74, 6) is -0.563. The standard InChI is InChI=1S/C37H37FO6S/c38-31-11-7-28(8-12-31)35(22-37(39)40)29-9-13-32(14-10-29)43-24-26-4-6-27-2-1-3-30-20-25(5-15-34(30)36(27)21-26)23-44-33-16-18-45(41,42)19-17-33/h4-15,20-21,33,35H,1-3,16-19,22-24H2,(H,39,40). The van der Waals surface area contributed by atoms with Gasteiger partial charge in [-0.3, -0.25) is 4.79 Å². The molecule has 1 saturated heterocycles. The number of aliphatic carboxylic acids is 1. The quantitative estimate of drug-likeness (QED) is 0.199. The molecule has 1 heterocycles. The first-order chi connectivity index (χ1) is 21.7. The van der Waals surface area contributed by atoms with E-state index in [4.69, 9.17) is 9.47 Å². The fraction of sp³-hybridized carbons (Fsp3) is 0.324. The van der Waals surface area contributed by atoms with Crippen molar-refractivity contribution in [1.29, 1.82) is 0 Å². The monoisotopic (exact) mass is 628 g/mol. The predicted molar refractivity (Wildman–Crippen MR) is 172 cm³/mol. The minimum atomic E-state index is -2.90. The average Bonchev–Trinajstić information content (AvgIpc) is 3.21. The maximum absolute atomic E-state index is 13.4. The summed E-state index contributed by atoms with van der Waals surface area (Å²) in [7, 11) is -2.90.